The molecule has 1 amide bonds. The summed E-state index contributed by atoms with van der Waals surface area (Å²) in [6.07, 6.45) is 0.374. The Hall–Kier alpha value is -2.84. The summed E-state index contributed by atoms with van der Waals surface area (Å²) in [7, 11) is 2.08. The first-order chi connectivity index (χ1) is 12.7. The third-order valence-corrected chi connectivity index (χ3v) is 4.66. The Kier molecular flexibility index (Phi) is 5.88. The zero-order chi connectivity index (χ0) is 18.4. The van der Waals surface area contributed by atoms with Crippen molar-refractivity contribution in [2.75, 3.05) is 33.3 Å². The molecule has 0 bridgehead atoms. The highest BCUT2D eigenvalue weighted by Crippen LogP contribution is 2.25. The zero-order valence-electron chi connectivity index (χ0n) is 15.0. The van der Waals surface area contributed by atoms with Gasteiger partial charge in [-0.25, -0.2) is 0 Å². The number of benzene rings is 2. The van der Waals surface area contributed by atoms with Gasteiger partial charge < -0.3 is 14.5 Å². The van der Waals surface area contributed by atoms with Crippen LogP contribution in [0.1, 0.15) is 17.2 Å². The Labute approximate surface area is 154 Å². The molecule has 1 aliphatic heterocycles. The number of likely N-dealkylation sites (N-methyl/N-ethyl adjacent to an activating group) is 1. The number of ether oxygens (including phenoxy) is 1. The smallest absolute Gasteiger partial charge is 0.261 e. The summed E-state index contributed by atoms with van der Waals surface area (Å²) >= 11 is 0. The van der Waals surface area contributed by atoms with Crippen LogP contribution in [-0.4, -0.2) is 49.0 Å². The van der Waals surface area contributed by atoms with Gasteiger partial charge in [-0.3, -0.25) is 4.79 Å². The van der Waals surface area contributed by atoms with Crippen LogP contribution < -0.4 is 4.74 Å². The van der Waals surface area contributed by atoms with Crippen LogP contribution in [0.2, 0.25) is 0 Å². The first-order valence-corrected chi connectivity index (χ1v) is 8.79. The van der Waals surface area contributed by atoms with Crippen LogP contribution in [0, 0.1) is 11.3 Å². The fourth-order valence-corrected chi connectivity index (χ4v) is 3.20. The molecular formula is C21H23N3O2. The summed E-state index contributed by atoms with van der Waals surface area (Å²) in [6.45, 7) is 2.39. The maximum absolute atomic E-state index is 12.8. The number of nitriles is 1. The molecule has 134 valence electrons. The second kappa shape index (κ2) is 8.50. The maximum atomic E-state index is 12.8. The van der Waals surface area contributed by atoms with Gasteiger partial charge in [0.1, 0.15) is 5.75 Å². The van der Waals surface area contributed by atoms with Crippen molar-refractivity contribution in [3.8, 4) is 11.8 Å². The lowest BCUT2D eigenvalue weighted by molar-refractivity contribution is -0.138. The van der Waals surface area contributed by atoms with Gasteiger partial charge in [-0.15, -0.1) is 0 Å². The van der Waals surface area contributed by atoms with E-state index >= 15 is 0 Å². The summed E-state index contributed by atoms with van der Waals surface area (Å²) in [4.78, 5) is 16.9. The van der Waals surface area contributed by atoms with E-state index in [9.17, 15) is 4.79 Å². The first-order valence-electron chi connectivity index (χ1n) is 8.79. The number of piperazine rings is 1. The van der Waals surface area contributed by atoms with Crippen LogP contribution in [0.25, 0.3) is 0 Å². The molecule has 0 aliphatic carbocycles. The lowest BCUT2D eigenvalue weighted by Gasteiger charge is -2.40. The van der Waals surface area contributed by atoms with Crippen LogP contribution >= 0.6 is 0 Å². The largest absolute Gasteiger partial charge is 0.484 e. The monoisotopic (exact) mass is 349 g/mol. The summed E-state index contributed by atoms with van der Waals surface area (Å²) in [6, 6.07) is 19.6. The van der Waals surface area contributed by atoms with Crippen molar-refractivity contribution in [1.82, 2.24) is 9.80 Å². The van der Waals surface area contributed by atoms with Crippen LogP contribution in [0.15, 0.2) is 54.6 Å². The minimum atomic E-state index is -0.00643. The molecule has 0 unspecified atom stereocenters. The molecule has 26 heavy (non-hydrogen) atoms. The van der Waals surface area contributed by atoms with E-state index in [0.717, 1.165) is 24.2 Å². The Bertz CT molecular complexity index is 768. The molecule has 0 N–H and O–H groups in total. The lowest BCUT2D eigenvalue weighted by atomic mass is 10.0. The van der Waals surface area contributed by atoms with E-state index in [1.165, 1.54) is 0 Å². The molecule has 2 aromatic carbocycles. The fourth-order valence-electron chi connectivity index (χ4n) is 3.20. The quantitative estimate of drug-likeness (QED) is 0.833. The standard InChI is InChI=1S/C21H23N3O2/c1-23-13-14-24(20(15-23)18-5-3-2-4-6-18)21(25)16-26-19-9-7-17(8-10-19)11-12-22/h2-10,20H,11,13-16H2,1H3/t20-/m0/s1. The molecule has 3 rings (SSSR count). The molecule has 1 saturated heterocycles. The van der Waals surface area contributed by atoms with Crippen molar-refractivity contribution in [1.29, 1.82) is 5.26 Å². The number of nitrogens with zero attached hydrogens (tertiary/aromatic N) is 3. The minimum Gasteiger partial charge on any atom is -0.484 e. The van der Waals surface area contributed by atoms with E-state index < -0.39 is 0 Å². The molecule has 0 spiro atoms. The normalized spacial score (nSPS) is 17.5. The van der Waals surface area contributed by atoms with Crippen molar-refractivity contribution >= 4 is 5.91 Å². The maximum Gasteiger partial charge on any atom is 0.261 e. The van der Waals surface area contributed by atoms with Gasteiger partial charge in [-0.05, 0) is 30.3 Å². The predicted octanol–water partition coefficient (Wildman–Crippen LogP) is 2.65. The molecular weight excluding hydrogens is 326 g/mol. The number of amides is 1. The van der Waals surface area contributed by atoms with E-state index in [0.29, 0.717) is 18.7 Å². The predicted molar refractivity (Wildman–Crippen MR) is 99.6 cm³/mol. The topological polar surface area (TPSA) is 56.6 Å². The number of hydrogen-bond donors (Lipinski definition) is 0. The SMILES string of the molecule is CN1CCN(C(=O)COc2ccc(CC#N)cc2)[C@H](c2ccccc2)C1. The average molecular weight is 349 g/mol. The molecule has 0 radical (unpaired) electrons. The van der Waals surface area contributed by atoms with Crippen molar-refractivity contribution < 1.29 is 9.53 Å². The van der Waals surface area contributed by atoms with Gasteiger partial charge in [0.2, 0.25) is 0 Å². The molecule has 1 atom stereocenters. The summed E-state index contributed by atoms with van der Waals surface area (Å²) in [5.74, 6) is 0.637. The molecule has 5 heteroatoms. The Balaban J connectivity index is 1.64. The molecule has 0 aromatic heterocycles. The van der Waals surface area contributed by atoms with Gasteiger partial charge >= 0.3 is 0 Å². The Morgan fingerprint density at radius 3 is 2.58 bits per heavy atom. The highest BCUT2D eigenvalue weighted by Gasteiger charge is 2.30. The van der Waals surface area contributed by atoms with E-state index in [4.69, 9.17) is 10.00 Å². The molecule has 1 fully saturated rings. The lowest BCUT2D eigenvalue weighted by Crippen LogP contribution is -2.50. The van der Waals surface area contributed by atoms with E-state index in [2.05, 4.69) is 30.1 Å². The molecule has 5 nitrogen and oxygen atoms in total. The molecule has 2 aromatic rings. The summed E-state index contributed by atoms with van der Waals surface area (Å²) in [5.41, 5.74) is 2.09. The second-order valence-corrected chi connectivity index (χ2v) is 6.54. The summed E-state index contributed by atoms with van der Waals surface area (Å²) < 4.78 is 5.68. The molecule has 0 saturated carbocycles. The average Bonchev–Trinajstić information content (AvgIpc) is 2.68. The Morgan fingerprint density at radius 2 is 1.88 bits per heavy atom. The third kappa shape index (κ3) is 4.41. The minimum absolute atomic E-state index is 0.00643. The number of carbonyl (C=O) groups excluding carboxylic acids is 1. The van der Waals surface area contributed by atoms with Crippen LogP contribution in [0.5, 0.6) is 5.75 Å². The fraction of sp³-hybridized carbons (Fsp3) is 0.333. The molecule has 1 aliphatic rings. The van der Waals surface area contributed by atoms with E-state index in [1.807, 2.05) is 35.2 Å². The Morgan fingerprint density at radius 1 is 1.15 bits per heavy atom. The van der Waals surface area contributed by atoms with Crippen molar-refractivity contribution in [2.24, 2.45) is 0 Å². The van der Waals surface area contributed by atoms with Gasteiger partial charge in [0.25, 0.3) is 5.91 Å². The van der Waals surface area contributed by atoms with Gasteiger partial charge in [-0.2, -0.15) is 5.26 Å². The second-order valence-electron chi connectivity index (χ2n) is 6.54. The van der Waals surface area contributed by atoms with Crippen LogP contribution in [-0.2, 0) is 11.2 Å². The van der Waals surface area contributed by atoms with Crippen LogP contribution in [0.4, 0.5) is 0 Å². The van der Waals surface area contributed by atoms with E-state index in [-0.39, 0.29) is 18.6 Å². The van der Waals surface area contributed by atoms with Gasteiger partial charge in [0, 0.05) is 19.6 Å². The number of rotatable bonds is 5. The van der Waals surface area contributed by atoms with Crippen molar-refractivity contribution in [3.63, 3.8) is 0 Å². The third-order valence-electron chi connectivity index (χ3n) is 4.66. The summed E-state index contributed by atoms with van der Waals surface area (Å²) in [5, 5.41) is 8.71. The number of carbonyl (C=O) groups is 1. The van der Waals surface area contributed by atoms with Crippen molar-refractivity contribution in [3.05, 3.63) is 65.7 Å². The van der Waals surface area contributed by atoms with Gasteiger partial charge in [-0.1, -0.05) is 42.5 Å². The van der Waals surface area contributed by atoms with Crippen molar-refractivity contribution in [2.45, 2.75) is 12.5 Å². The van der Waals surface area contributed by atoms with E-state index in [1.54, 1.807) is 12.1 Å². The molecule has 1 heterocycles. The van der Waals surface area contributed by atoms with Gasteiger partial charge in [0.05, 0.1) is 18.5 Å². The van der Waals surface area contributed by atoms with Crippen LogP contribution in [0.3, 0.4) is 0 Å². The first kappa shape index (κ1) is 18.0. The zero-order valence-corrected chi connectivity index (χ0v) is 15.0. The van der Waals surface area contributed by atoms with Gasteiger partial charge in [0.15, 0.2) is 6.61 Å². The number of hydrogen-bond acceptors (Lipinski definition) is 4. The highest BCUT2D eigenvalue weighted by atomic mass is 16.5. The highest BCUT2D eigenvalue weighted by molar-refractivity contribution is 5.78.